The fourth-order valence-electron chi connectivity index (χ4n) is 9.34. The Balaban J connectivity index is 0.000000181. The van der Waals surface area contributed by atoms with Crippen molar-refractivity contribution in [1.29, 1.82) is 0 Å². The molecular formula is C87H69Ir3N9-6. The molecule has 6 aromatic carbocycles. The van der Waals surface area contributed by atoms with E-state index in [9.17, 15) is 0 Å². The molecule has 1 unspecified atom stereocenters. The topological polar surface area (TPSA) is 116 Å². The van der Waals surface area contributed by atoms with Crippen LogP contribution in [0.5, 0.6) is 0 Å². The summed E-state index contributed by atoms with van der Waals surface area (Å²) in [7, 11) is 0. The molecule has 12 heteroatoms. The van der Waals surface area contributed by atoms with Gasteiger partial charge in [-0.15, -0.1) is 215 Å². The molecule has 0 N–H and O–H groups in total. The van der Waals surface area contributed by atoms with Crippen LogP contribution in [0.3, 0.4) is 0 Å². The van der Waals surface area contributed by atoms with Crippen LogP contribution in [0.1, 0.15) is 53.2 Å². The SMILES string of the molecule is Cc1cccc(-c2ccnc(-c3[c-]cccc3)c2)n1.[2H]C([2H])([2H])C([2H])(C)c1cccc(-c2ccnc(-c3[c-]cccc3)c2)n1.[2H]C([2H])([2H])Cc1cccc(-c2ccnc(-c3[c-]cccc3)c2)n1.[Ir].[Ir].[Ir].[c-]1ccccc1-c1ccccn1.[c-]1ccccc1-c1ccccn1.[c-]1ccccc1-c1ccccn1. The van der Waals surface area contributed by atoms with Crippen molar-refractivity contribution in [3.8, 4) is 101 Å². The molecule has 0 spiro atoms. The molecule has 0 bridgehead atoms. The van der Waals surface area contributed by atoms with Crippen LogP contribution in [0.2, 0.25) is 0 Å². The molecule has 0 saturated heterocycles. The molecule has 495 valence electrons. The van der Waals surface area contributed by atoms with Crippen molar-refractivity contribution < 1.29 is 69.9 Å². The zero-order valence-electron chi connectivity index (χ0n) is 60.9. The molecule has 1 atom stereocenters. The summed E-state index contributed by atoms with van der Waals surface area (Å²) < 4.78 is 53.1. The van der Waals surface area contributed by atoms with Crippen LogP contribution in [0.15, 0.2) is 328 Å². The van der Waals surface area contributed by atoms with E-state index in [-0.39, 0.29) is 72.4 Å². The first-order valence-corrected chi connectivity index (χ1v) is 30.8. The van der Waals surface area contributed by atoms with E-state index in [0.717, 1.165) is 101 Å². The van der Waals surface area contributed by atoms with E-state index >= 15 is 0 Å². The number of nitrogens with zero attached hydrogens (tertiary/aromatic N) is 9. The maximum Gasteiger partial charge on any atom is 0.0698 e. The smallest absolute Gasteiger partial charge is 0.0698 e. The average Bonchev–Trinajstić information content (AvgIpc) is 0.789. The Morgan fingerprint density at radius 3 is 0.949 bits per heavy atom. The second-order valence-corrected chi connectivity index (χ2v) is 21.0. The number of aromatic nitrogens is 9. The van der Waals surface area contributed by atoms with E-state index in [1.165, 1.54) is 6.92 Å². The number of benzene rings is 6. The van der Waals surface area contributed by atoms with Gasteiger partial charge in [-0.3, -0.25) is 15.0 Å². The minimum Gasteiger partial charge on any atom is -0.305 e. The molecular weight excluding hydrogens is 1750 g/mol. The fourth-order valence-corrected chi connectivity index (χ4v) is 9.34. The minimum atomic E-state index is -2.46. The van der Waals surface area contributed by atoms with Gasteiger partial charge < -0.3 is 29.9 Å². The van der Waals surface area contributed by atoms with Gasteiger partial charge in [0.1, 0.15) is 0 Å². The van der Waals surface area contributed by atoms with Crippen molar-refractivity contribution in [3.05, 3.63) is 382 Å². The Hall–Kier alpha value is -10.4. The Morgan fingerprint density at radius 2 is 0.626 bits per heavy atom. The number of aryl methyl sites for hydroxylation is 2. The summed E-state index contributed by atoms with van der Waals surface area (Å²) in [6.07, 6.45) is 10.6. The molecule has 3 radical (unpaired) electrons. The molecule has 9 nitrogen and oxygen atoms in total. The Bertz CT molecular complexity index is 4720. The van der Waals surface area contributed by atoms with Crippen LogP contribution >= 0.6 is 0 Å². The predicted octanol–water partition coefficient (Wildman–Crippen LogP) is 20.5. The predicted molar refractivity (Wildman–Crippen MR) is 389 cm³/mol. The van der Waals surface area contributed by atoms with Crippen LogP contribution in [-0.4, -0.2) is 44.9 Å². The number of rotatable bonds is 11. The molecule has 9 heterocycles. The fraction of sp³-hybridized carbons (Fsp3) is 0.0690. The molecule has 0 aliphatic rings. The van der Waals surface area contributed by atoms with Gasteiger partial charge in [0.25, 0.3) is 0 Å². The van der Waals surface area contributed by atoms with Gasteiger partial charge in [-0.05, 0) is 143 Å². The third kappa shape index (κ3) is 24.0. The van der Waals surface area contributed by atoms with E-state index in [1.807, 2.05) is 280 Å². The largest absolute Gasteiger partial charge is 0.305 e. The van der Waals surface area contributed by atoms with E-state index in [2.05, 4.69) is 81.3 Å². The molecule has 15 rings (SSSR count). The monoisotopic (exact) mass is 1830 g/mol. The van der Waals surface area contributed by atoms with E-state index < -0.39 is 19.6 Å². The molecule has 9 aromatic heterocycles. The molecule has 0 fully saturated rings. The first kappa shape index (κ1) is 65.9. The standard InChI is InChI=1S/C19H17N2.C18H15N2.C17H13N2.3C11H8N.3Ir/c1-14(2)17-9-6-10-18(21-17)16-11-12-20-19(13-16)15-7-4-3-5-8-15;1-2-16-9-6-10-17(20-16)15-11-12-19-18(13-15)14-7-4-3-5-8-14;1-13-6-5-9-16(19-13)15-10-11-18-17(12-15)14-7-3-2-4-8-14;3*1-2-6-10(7-3-1)11-8-4-5-9-12-11;;;/h3-7,9-14H,1-2H3;3-7,9-13H,2H2,1H3;2-7,9-12H,1H3;3*1-6,8-9H;;;/q6*-1;;;/i1D3,14D;1D3;;;;;;;. The van der Waals surface area contributed by atoms with Crippen LogP contribution in [0.25, 0.3) is 101 Å². The van der Waals surface area contributed by atoms with Gasteiger partial charge in [0.2, 0.25) is 0 Å². The zero-order valence-corrected chi connectivity index (χ0v) is 61.1. The summed E-state index contributed by atoms with van der Waals surface area (Å²) in [6, 6.07) is 111. The van der Waals surface area contributed by atoms with Crippen molar-refractivity contribution >= 4 is 0 Å². The van der Waals surface area contributed by atoms with Gasteiger partial charge in [0.15, 0.2) is 0 Å². The number of pyridine rings is 9. The normalized spacial score (nSPS) is 11.8. The Morgan fingerprint density at radius 1 is 0.313 bits per heavy atom. The van der Waals surface area contributed by atoms with Crippen molar-refractivity contribution in [3.63, 3.8) is 0 Å². The second-order valence-electron chi connectivity index (χ2n) is 21.0. The van der Waals surface area contributed by atoms with Crippen molar-refractivity contribution in [2.75, 3.05) is 0 Å². The summed E-state index contributed by atoms with van der Waals surface area (Å²) in [5.41, 5.74) is 18.2. The summed E-state index contributed by atoms with van der Waals surface area (Å²) in [5, 5.41) is 0. The number of hydrogen-bond acceptors (Lipinski definition) is 9. The van der Waals surface area contributed by atoms with Crippen LogP contribution < -0.4 is 0 Å². The maximum atomic E-state index is 8.21. The molecule has 0 aliphatic carbocycles. The van der Waals surface area contributed by atoms with Crippen molar-refractivity contribution in [2.45, 2.75) is 39.9 Å². The second kappa shape index (κ2) is 41.7. The maximum absolute atomic E-state index is 8.21. The van der Waals surface area contributed by atoms with E-state index in [0.29, 0.717) is 11.4 Å². The molecule has 0 aliphatic heterocycles. The summed E-state index contributed by atoms with van der Waals surface area (Å²) >= 11 is 0. The number of hydrogen-bond donors (Lipinski definition) is 0. The molecule has 0 saturated carbocycles. The third-order valence-corrected chi connectivity index (χ3v) is 14.1. The van der Waals surface area contributed by atoms with Crippen LogP contribution in [-0.2, 0) is 66.7 Å². The first-order chi connectivity index (χ1) is 50.0. The average molecular weight is 1820 g/mol. The van der Waals surface area contributed by atoms with E-state index in [1.54, 1.807) is 55.2 Å². The Kier molecular flexibility index (Phi) is 27.7. The quantitative estimate of drug-likeness (QED) is 0.117. The zero-order chi connectivity index (χ0) is 72.1. The van der Waals surface area contributed by atoms with Gasteiger partial charge in [-0.1, -0.05) is 93.4 Å². The molecule has 0 amide bonds. The van der Waals surface area contributed by atoms with Gasteiger partial charge in [0, 0.05) is 124 Å². The summed E-state index contributed by atoms with van der Waals surface area (Å²) in [6.45, 7) is -1.12. The van der Waals surface area contributed by atoms with E-state index in [4.69, 9.17) is 9.60 Å². The Labute approximate surface area is 633 Å². The minimum absolute atomic E-state index is 0. The summed E-state index contributed by atoms with van der Waals surface area (Å²) in [5.74, 6) is -1.77. The third-order valence-electron chi connectivity index (χ3n) is 14.1. The van der Waals surface area contributed by atoms with Gasteiger partial charge in [-0.25, -0.2) is 0 Å². The van der Waals surface area contributed by atoms with Crippen LogP contribution in [0.4, 0.5) is 0 Å². The van der Waals surface area contributed by atoms with Crippen LogP contribution in [0, 0.1) is 43.3 Å². The first-order valence-electron chi connectivity index (χ1n) is 34.3. The van der Waals surface area contributed by atoms with Gasteiger partial charge in [0.05, 0.1) is 17.1 Å². The molecule has 15 aromatic rings. The van der Waals surface area contributed by atoms with Crippen molar-refractivity contribution in [1.82, 2.24) is 44.9 Å². The molecule has 99 heavy (non-hydrogen) atoms. The van der Waals surface area contributed by atoms with Gasteiger partial charge in [-0.2, -0.15) is 0 Å². The van der Waals surface area contributed by atoms with Gasteiger partial charge >= 0.3 is 0 Å². The van der Waals surface area contributed by atoms with Crippen molar-refractivity contribution in [2.24, 2.45) is 0 Å². The summed E-state index contributed by atoms with van der Waals surface area (Å²) in [4.78, 5) is 39.2.